The maximum Gasteiger partial charge on any atom is 0.246 e. The fourth-order valence-corrected chi connectivity index (χ4v) is 2.53. The first-order chi connectivity index (χ1) is 11.8. The molecule has 0 aliphatic heterocycles. The van der Waals surface area contributed by atoms with Crippen LogP contribution in [0.5, 0.6) is 0 Å². The third-order valence-electron chi connectivity index (χ3n) is 3.93. The Morgan fingerprint density at radius 3 is 2.36 bits per heavy atom. The van der Waals surface area contributed by atoms with Crippen LogP contribution in [0, 0.1) is 13.8 Å². The molecule has 0 bridgehead atoms. The minimum absolute atomic E-state index is 0.0501. The van der Waals surface area contributed by atoms with Gasteiger partial charge in [-0.25, -0.2) is 0 Å². The zero-order valence-corrected chi connectivity index (χ0v) is 15.2. The number of nitrogens with zero attached hydrogens (tertiary/aromatic N) is 1. The van der Waals surface area contributed by atoms with Gasteiger partial charge in [-0.3, -0.25) is 9.59 Å². The first-order valence-corrected chi connectivity index (χ1v) is 8.22. The van der Waals surface area contributed by atoms with Gasteiger partial charge in [-0.1, -0.05) is 35.9 Å². The molecule has 2 amide bonds. The van der Waals surface area contributed by atoms with Gasteiger partial charge in [0.1, 0.15) is 0 Å². The molecule has 0 aliphatic carbocycles. The largest absolute Gasteiger partial charge is 0.338 e. The Labute approximate surface area is 149 Å². The van der Waals surface area contributed by atoms with Crippen LogP contribution in [-0.2, 0) is 16.1 Å². The highest BCUT2D eigenvalue weighted by atomic mass is 16.2. The van der Waals surface area contributed by atoms with Gasteiger partial charge < -0.3 is 10.2 Å². The quantitative estimate of drug-likeness (QED) is 0.841. The minimum atomic E-state index is -0.105. The van der Waals surface area contributed by atoms with E-state index in [0.29, 0.717) is 6.54 Å². The molecular weight excluding hydrogens is 312 g/mol. The summed E-state index contributed by atoms with van der Waals surface area (Å²) in [7, 11) is 1.80. The van der Waals surface area contributed by atoms with Gasteiger partial charge in [0.2, 0.25) is 11.8 Å². The summed E-state index contributed by atoms with van der Waals surface area (Å²) in [4.78, 5) is 25.0. The van der Waals surface area contributed by atoms with Gasteiger partial charge in [-0.15, -0.1) is 0 Å². The predicted molar refractivity (Wildman–Crippen MR) is 102 cm³/mol. The van der Waals surface area contributed by atoms with Crippen molar-refractivity contribution in [1.29, 1.82) is 0 Å². The molecular formula is C21H24N2O2. The van der Waals surface area contributed by atoms with Gasteiger partial charge in [-0.2, -0.15) is 0 Å². The lowest BCUT2D eigenvalue weighted by molar-refractivity contribution is -0.125. The lowest BCUT2D eigenvalue weighted by Crippen LogP contribution is -2.24. The topological polar surface area (TPSA) is 49.4 Å². The Hall–Kier alpha value is -2.88. The number of carbonyl (C=O) groups excluding carboxylic acids is 2. The van der Waals surface area contributed by atoms with Crippen LogP contribution in [0.2, 0.25) is 0 Å². The van der Waals surface area contributed by atoms with E-state index >= 15 is 0 Å². The molecule has 2 rings (SSSR count). The number of hydrogen-bond donors (Lipinski definition) is 1. The SMILES string of the molecule is CC(=O)Nc1ccc(/C=C/C(=O)N(C)Cc2ccc(C)cc2C)cc1. The smallest absolute Gasteiger partial charge is 0.246 e. The number of benzene rings is 2. The van der Waals surface area contributed by atoms with Gasteiger partial charge in [0.15, 0.2) is 0 Å². The molecule has 0 atom stereocenters. The predicted octanol–water partition coefficient (Wildman–Crippen LogP) is 3.93. The second kappa shape index (κ2) is 8.29. The van der Waals surface area contributed by atoms with E-state index in [1.807, 2.05) is 24.3 Å². The van der Waals surface area contributed by atoms with Crippen LogP contribution >= 0.6 is 0 Å². The van der Waals surface area contributed by atoms with E-state index in [-0.39, 0.29) is 11.8 Å². The molecule has 0 aliphatic rings. The summed E-state index contributed by atoms with van der Waals surface area (Å²) in [6.45, 7) is 6.17. The Morgan fingerprint density at radius 2 is 1.76 bits per heavy atom. The van der Waals surface area contributed by atoms with Crippen LogP contribution in [0.4, 0.5) is 5.69 Å². The maximum absolute atomic E-state index is 12.3. The van der Waals surface area contributed by atoms with Crippen molar-refractivity contribution in [1.82, 2.24) is 4.90 Å². The molecule has 25 heavy (non-hydrogen) atoms. The molecule has 2 aromatic rings. The van der Waals surface area contributed by atoms with E-state index in [4.69, 9.17) is 0 Å². The zero-order chi connectivity index (χ0) is 18.4. The van der Waals surface area contributed by atoms with Gasteiger partial charge in [0.25, 0.3) is 0 Å². The highest BCUT2D eigenvalue weighted by Crippen LogP contribution is 2.14. The lowest BCUT2D eigenvalue weighted by atomic mass is 10.1. The Kier molecular flexibility index (Phi) is 6.12. The fourth-order valence-electron chi connectivity index (χ4n) is 2.53. The number of hydrogen-bond acceptors (Lipinski definition) is 2. The molecule has 0 spiro atoms. The standard InChI is InChI=1S/C21H24N2O2/c1-15-5-9-19(16(2)13-15)14-23(4)21(25)12-8-18-6-10-20(11-7-18)22-17(3)24/h5-13H,14H2,1-4H3,(H,22,24)/b12-8+. The van der Waals surface area contributed by atoms with Crippen LogP contribution in [0.1, 0.15) is 29.2 Å². The third kappa shape index (κ3) is 5.60. The highest BCUT2D eigenvalue weighted by Gasteiger charge is 2.07. The fraction of sp³-hybridized carbons (Fsp3) is 0.238. The number of anilines is 1. The summed E-state index contributed by atoms with van der Waals surface area (Å²) in [5.41, 5.74) is 5.20. The number of carbonyl (C=O) groups is 2. The number of rotatable bonds is 5. The van der Waals surface area contributed by atoms with Crippen molar-refractivity contribution in [3.05, 3.63) is 70.8 Å². The molecule has 0 unspecified atom stereocenters. The zero-order valence-electron chi connectivity index (χ0n) is 15.2. The van der Waals surface area contributed by atoms with E-state index in [1.54, 1.807) is 24.1 Å². The van der Waals surface area contributed by atoms with Gasteiger partial charge in [-0.05, 0) is 48.7 Å². The van der Waals surface area contributed by atoms with Crippen molar-refractivity contribution in [2.45, 2.75) is 27.3 Å². The van der Waals surface area contributed by atoms with Crippen LogP contribution in [0.15, 0.2) is 48.5 Å². The van der Waals surface area contributed by atoms with Crippen LogP contribution in [-0.4, -0.2) is 23.8 Å². The van der Waals surface area contributed by atoms with Crippen molar-refractivity contribution < 1.29 is 9.59 Å². The van der Waals surface area contributed by atoms with E-state index in [9.17, 15) is 9.59 Å². The van der Waals surface area contributed by atoms with Crippen molar-refractivity contribution in [2.75, 3.05) is 12.4 Å². The molecule has 0 saturated heterocycles. The molecule has 130 valence electrons. The monoisotopic (exact) mass is 336 g/mol. The average molecular weight is 336 g/mol. The minimum Gasteiger partial charge on any atom is -0.338 e. The van der Waals surface area contributed by atoms with Crippen LogP contribution < -0.4 is 5.32 Å². The van der Waals surface area contributed by atoms with E-state index in [2.05, 4.69) is 37.4 Å². The summed E-state index contributed by atoms with van der Waals surface area (Å²) in [5, 5.41) is 2.71. The Balaban J connectivity index is 1.98. The summed E-state index contributed by atoms with van der Waals surface area (Å²) < 4.78 is 0. The van der Waals surface area contributed by atoms with Crippen LogP contribution in [0.25, 0.3) is 6.08 Å². The molecule has 2 aromatic carbocycles. The van der Waals surface area contributed by atoms with Gasteiger partial charge in [0, 0.05) is 32.3 Å². The Morgan fingerprint density at radius 1 is 1.08 bits per heavy atom. The number of likely N-dealkylation sites (N-methyl/N-ethyl adjacent to an activating group) is 1. The summed E-state index contributed by atoms with van der Waals surface area (Å²) in [6.07, 6.45) is 3.34. The van der Waals surface area contributed by atoms with Crippen molar-refractivity contribution in [3.63, 3.8) is 0 Å². The molecule has 0 aromatic heterocycles. The first kappa shape index (κ1) is 18.5. The molecule has 0 heterocycles. The first-order valence-electron chi connectivity index (χ1n) is 8.22. The lowest BCUT2D eigenvalue weighted by Gasteiger charge is -2.17. The number of nitrogens with one attached hydrogen (secondary N) is 1. The van der Waals surface area contributed by atoms with Crippen molar-refractivity contribution >= 4 is 23.6 Å². The Bertz CT molecular complexity index is 792. The maximum atomic E-state index is 12.3. The summed E-state index contributed by atoms with van der Waals surface area (Å²) in [5.74, 6) is -0.155. The van der Waals surface area contributed by atoms with E-state index in [0.717, 1.165) is 16.8 Å². The summed E-state index contributed by atoms with van der Waals surface area (Å²) in [6, 6.07) is 13.6. The molecule has 4 heteroatoms. The number of amides is 2. The normalized spacial score (nSPS) is 10.7. The molecule has 0 fully saturated rings. The summed E-state index contributed by atoms with van der Waals surface area (Å²) >= 11 is 0. The van der Waals surface area contributed by atoms with Gasteiger partial charge >= 0.3 is 0 Å². The highest BCUT2D eigenvalue weighted by molar-refractivity contribution is 5.92. The van der Waals surface area contributed by atoms with Gasteiger partial charge in [0.05, 0.1) is 0 Å². The molecule has 0 radical (unpaired) electrons. The second-order valence-corrected chi connectivity index (χ2v) is 6.26. The molecule has 4 nitrogen and oxygen atoms in total. The van der Waals surface area contributed by atoms with E-state index in [1.165, 1.54) is 18.1 Å². The number of aryl methyl sites for hydroxylation is 2. The molecule has 0 saturated carbocycles. The van der Waals surface area contributed by atoms with E-state index < -0.39 is 0 Å². The second-order valence-electron chi connectivity index (χ2n) is 6.26. The molecule has 1 N–H and O–H groups in total. The van der Waals surface area contributed by atoms with Crippen molar-refractivity contribution in [2.24, 2.45) is 0 Å². The van der Waals surface area contributed by atoms with Crippen LogP contribution in [0.3, 0.4) is 0 Å². The average Bonchev–Trinajstić information content (AvgIpc) is 2.56. The van der Waals surface area contributed by atoms with Crippen molar-refractivity contribution in [3.8, 4) is 0 Å². The third-order valence-corrected chi connectivity index (χ3v) is 3.93.